The van der Waals surface area contributed by atoms with E-state index in [9.17, 15) is 4.21 Å². The van der Waals surface area contributed by atoms with Crippen LogP contribution in [0.1, 0.15) is 0 Å². The van der Waals surface area contributed by atoms with Crippen LogP contribution in [-0.2, 0) is 9.73 Å². The van der Waals surface area contributed by atoms with Gasteiger partial charge in [-0.25, -0.2) is 14.0 Å². The third-order valence-corrected chi connectivity index (χ3v) is 4.45. The molecule has 0 radical (unpaired) electrons. The van der Waals surface area contributed by atoms with Crippen LogP contribution in [-0.4, -0.2) is 27.5 Å². The summed E-state index contributed by atoms with van der Waals surface area (Å²) < 4.78 is 30.4. The van der Waals surface area contributed by atoms with E-state index in [-0.39, 0.29) is 0 Å². The third-order valence-electron chi connectivity index (χ3n) is 3.28. The van der Waals surface area contributed by atoms with Crippen LogP contribution in [0.2, 0.25) is 0 Å². The first-order valence-electron chi connectivity index (χ1n) is 6.78. The van der Waals surface area contributed by atoms with Crippen molar-refractivity contribution in [3.05, 3.63) is 48.8 Å². The van der Waals surface area contributed by atoms with Gasteiger partial charge in [0, 0.05) is 23.5 Å². The Morgan fingerprint density at radius 2 is 1.74 bits per heavy atom. The molecule has 23 heavy (non-hydrogen) atoms. The summed E-state index contributed by atoms with van der Waals surface area (Å²) in [7, 11) is -1.19. The first-order chi connectivity index (χ1) is 11.0. The summed E-state index contributed by atoms with van der Waals surface area (Å²) in [5, 5.41) is 0.781. The molecule has 0 saturated carbocycles. The largest absolute Gasteiger partial charge is 0.479 e. The van der Waals surface area contributed by atoms with Crippen LogP contribution in [0.15, 0.2) is 53.7 Å². The summed E-state index contributed by atoms with van der Waals surface area (Å²) in [5.41, 5.74) is 0.617. The Balaban J connectivity index is 1.99. The van der Waals surface area contributed by atoms with Crippen LogP contribution in [0.5, 0.6) is 17.4 Å². The predicted octanol–water partition coefficient (Wildman–Crippen LogP) is 3.47. The van der Waals surface area contributed by atoms with Crippen molar-refractivity contribution in [1.82, 2.24) is 9.97 Å². The Hall–Kier alpha value is -2.67. The zero-order chi connectivity index (χ0) is 16.4. The molecule has 118 valence electrons. The van der Waals surface area contributed by atoms with Crippen molar-refractivity contribution in [1.29, 1.82) is 4.78 Å². The third kappa shape index (κ3) is 3.09. The number of nitrogens with zero attached hydrogens (tertiary/aromatic N) is 2. The topological polar surface area (TPSA) is 85.2 Å². The summed E-state index contributed by atoms with van der Waals surface area (Å²) in [4.78, 5) is 8.86. The zero-order valence-electron chi connectivity index (χ0n) is 12.6. The number of methoxy groups -OCH3 is 1. The molecule has 6 nitrogen and oxygen atoms in total. The minimum atomic E-state index is -2.73. The van der Waals surface area contributed by atoms with Crippen molar-refractivity contribution in [3.63, 3.8) is 0 Å². The van der Waals surface area contributed by atoms with Crippen LogP contribution in [0, 0.1) is 4.78 Å². The Kier molecular flexibility index (Phi) is 3.87. The average molecular weight is 329 g/mol. The number of pyridine rings is 2. The van der Waals surface area contributed by atoms with Crippen molar-refractivity contribution in [2.24, 2.45) is 0 Å². The van der Waals surface area contributed by atoms with E-state index in [2.05, 4.69) is 9.97 Å². The lowest BCUT2D eigenvalue weighted by Crippen LogP contribution is -1.95. The number of nitrogens with one attached hydrogen (secondary N) is 1. The SMILES string of the molecule is COc1nccc2c(Oc3ccc(S(C)(=N)=O)cc3)ccnc12. The lowest BCUT2D eigenvalue weighted by Gasteiger charge is -2.10. The molecule has 7 heteroatoms. The summed E-state index contributed by atoms with van der Waals surface area (Å²) in [6.45, 7) is 0. The first kappa shape index (κ1) is 15.2. The van der Waals surface area contributed by atoms with Crippen molar-refractivity contribution in [3.8, 4) is 17.4 Å². The maximum absolute atomic E-state index is 11.7. The number of rotatable bonds is 4. The quantitative estimate of drug-likeness (QED) is 0.792. The summed E-state index contributed by atoms with van der Waals surface area (Å²) in [6, 6.07) is 10.2. The van der Waals surface area contributed by atoms with E-state index in [1.54, 1.807) is 55.9 Å². The average Bonchev–Trinajstić information content (AvgIpc) is 2.54. The number of hydrogen-bond acceptors (Lipinski definition) is 6. The molecular weight excluding hydrogens is 314 g/mol. The summed E-state index contributed by atoms with van der Waals surface area (Å²) in [5.74, 6) is 1.63. The molecule has 0 aliphatic rings. The molecule has 1 unspecified atom stereocenters. The molecule has 0 spiro atoms. The van der Waals surface area contributed by atoms with Gasteiger partial charge in [0.05, 0.1) is 22.2 Å². The molecule has 0 aliphatic carbocycles. The highest BCUT2D eigenvalue weighted by Crippen LogP contribution is 2.32. The minimum Gasteiger partial charge on any atom is -0.479 e. The molecule has 2 heterocycles. The van der Waals surface area contributed by atoms with Crippen molar-refractivity contribution >= 4 is 20.6 Å². The van der Waals surface area contributed by atoms with Gasteiger partial charge in [-0.05, 0) is 36.4 Å². The van der Waals surface area contributed by atoms with Gasteiger partial charge in [-0.3, -0.25) is 4.98 Å². The molecule has 1 atom stereocenters. The van der Waals surface area contributed by atoms with Crippen LogP contribution in [0.25, 0.3) is 10.9 Å². The van der Waals surface area contributed by atoms with E-state index in [1.165, 1.54) is 6.26 Å². The number of aromatic nitrogens is 2. The lowest BCUT2D eigenvalue weighted by molar-refractivity contribution is 0.402. The van der Waals surface area contributed by atoms with Gasteiger partial charge in [-0.2, -0.15) is 0 Å². The highest BCUT2D eigenvalue weighted by molar-refractivity contribution is 7.91. The normalized spacial score (nSPS) is 13.5. The highest BCUT2D eigenvalue weighted by Gasteiger charge is 2.10. The van der Waals surface area contributed by atoms with Gasteiger partial charge < -0.3 is 9.47 Å². The van der Waals surface area contributed by atoms with E-state index in [1.807, 2.05) is 0 Å². The van der Waals surface area contributed by atoms with Gasteiger partial charge in [0.1, 0.15) is 17.0 Å². The van der Waals surface area contributed by atoms with Gasteiger partial charge >= 0.3 is 0 Å². The van der Waals surface area contributed by atoms with Crippen LogP contribution in [0.3, 0.4) is 0 Å². The van der Waals surface area contributed by atoms with Crippen molar-refractivity contribution < 1.29 is 13.7 Å². The number of hydrogen-bond donors (Lipinski definition) is 1. The highest BCUT2D eigenvalue weighted by atomic mass is 32.2. The van der Waals surface area contributed by atoms with Crippen molar-refractivity contribution in [2.45, 2.75) is 4.90 Å². The number of ether oxygens (including phenoxy) is 2. The first-order valence-corrected chi connectivity index (χ1v) is 8.75. The molecule has 1 aromatic carbocycles. The maximum atomic E-state index is 11.7. The van der Waals surface area contributed by atoms with Crippen LogP contribution >= 0.6 is 0 Å². The number of benzene rings is 1. The monoisotopic (exact) mass is 329 g/mol. The van der Waals surface area contributed by atoms with E-state index in [0.717, 1.165) is 5.39 Å². The molecule has 0 bridgehead atoms. The van der Waals surface area contributed by atoms with E-state index in [0.29, 0.717) is 27.8 Å². The smallest absolute Gasteiger partial charge is 0.240 e. The standard InChI is InChI=1S/C16H15N3O3S/c1-21-16-15-13(7-9-19-16)14(8-10-18-15)22-11-3-5-12(6-4-11)23(2,17)20/h3-10,17H,1-2H3. The fourth-order valence-corrected chi connectivity index (χ4v) is 2.82. The Morgan fingerprint density at radius 3 is 2.39 bits per heavy atom. The van der Waals surface area contributed by atoms with Gasteiger partial charge in [-0.15, -0.1) is 0 Å². The summed E-state index contributed by atoms with van der Waals surface area (Å²) >= 11 is 0. The zero-order valence-corrected chi connectivity index (χ0v) is 13.5. The van der Waals surface area contributed by atoms with Crippen LogP contribution < -0.4 is 9.47 Å². The maximum Gasteiger partial charge on any atom is 0.240 e. The molecule has 1 N–H and O–H groups in total. The molecule has 0 aliphatic heterocycles. The van der Waals surface area contributed by atoms with Gasteiger partial charge in [0.15, 0.2) is 0 Å². The second kappa shape index (κ2) is 5.85. The van der Waals surface area contributed by atoms with E-state index in [4.69, 9.17) is 14.3 Å². The Labute approximate surface area is 134 Å². The molecule has 2 aromatic heterocycles. The summed E-state index contributed by atoms with van der Waals surface area (Å²) in [6.07, 6.45) is 4.64. The van der Waals surface area contributed by atoms with Gasteiger partial charge in [0.25, 0.3) is 0 Å². The fourth-order valence-electron chi connectivity index (χ4n) is 2.16. The molecular formula is C16H15N3O3S. The lowest BCUT2D eigenvalue weighted by atomic mass is 10.2. The van der Waals surface area contributed by atoms with Crippen LogP contribution in [0.4, 0.5) is 0 Å². The second-order valence-corrected chi connectivity index (χ2v) is 7.10. The van der Waals surface area contributed by atoms with Gasteiger partial charge in [-0.1, -0.05) is 0 Å². The molecule has 3 aromatic rings. The fraction of sp³-hybridized carbons (Fsp3) is 0.125. The Bertz CT molecular complexity index is 954. The van der Waals surface area contributed by atoms with Gasteiger partial charge in [0.2, 0.25) is 5.88 Å². The minimum absolute atomic E-state index is 0.434. The van der Waals surface area contributed by atoms with E-state index >= 15 is 0 Å². The molecule has 0 amide bonds. The predicted molar refractivity (Wildman–Crippen MR) is 87.7 cm³/mol. The number of fused-ring (bicyclic) bond motifs is 1. The van der Waals surface area contributed by atoms with Crippen molar-refractivity contribution in [2.75, 3.05) is 13.4 Å². The molecule has 0 fully saturated rings. The molecule has 3 rings (SSSR count). The molecule has 0 saturated heterocycles. The Morgan fingerprint density at radius 1 is 1.04 bits per heavy atom. The second-order valence-electron chi connectivity index (χ2n) is 4.94. The van der Waals surface area contributed by atoms with E-state index < -0.39 is 9.73 Å².